The zero-order valence-corrected chi connectivity index (χ0v) is 9.28. The molecule has 0 atom stereocenters. The largest absolute Gasteiger partial charge is 0.457 e. The molecule has 0 fully saturated rings. The van der Waals surface area contributed by atoms with Crippen molar-refractivity contribution in [3.05, 3.63) is 53.1 Å². The van der Waals surface area contributed by atoms with Crippen LogP contribution in [0.3, 0.4) is 0 Å². The molecule has 5 heteroatoms. The van der Waals surface area contributed by atoms with Gasteiger partial charge in [0.1, 0.15) is 29.1 Å². The first-order valence-corrected chi connectivity index (χ1v) is 5.06. The maximum absolute atomic E-state index is 12.9. The smallest absolute Gasteiger partial charge is 0.144 e. The number of rotatable bonds is 2. The molecule has 84 valence electrons. The van der Waals surface area contributed by atoms with Crippen molar-refractivity contribution in [1.82, 2.24) is 4.98 Å². The number of benzene rings is 1. The normalized spacial score (nSPS) is 9.71. The fraction of sp³-hybridized carbons (Fsp3) is 0. The minimum Gasteiger partial charge on any atom is -0.457 e. The molecular formula is C12H6ClFN2O. The van der Waals surface area contributed by atoms with Crippen molar-refractivity contribution in [3.8, 4) is 17.6 Å². The van der Waals surface area contributed by atoms with E-state index in [2.05, 4.69) is 4.98 Å². The summed E-state index contributed by atoms with van der Waals surface area (Å²) in [7, 11) is 0. The van der Waals surface area contributed by atoms with Gasteiger partial charge in [0.15, 0.2) is 0 Å². The van der Waals surface area contributed by atoms with E-state index in [4.69, 9.17) is 21.6 Å². The molecule has 0 unspecified atom stereocenters. The maximum Gasteiger partial charge on any atom is 0.144 e. The van der Waals surface area contributed by atoms with E-state index in [1.54, 1.807) is 6.07 Å². The van der Waals surface area contributed by atoms with Crippen LogP contribution in [0.15, 0.2) is 36.5 Å². The van der Waals surface area contributed by atoms with Crippen LogP contribution in [0.2, 0.25) is 5.02 Å². The average molecular weight is 249 g/mol. The van der Waals surface area contributed by atoms with Gasteiger partial charge in [-0.05, 0) is 18.2 Å². The molecule has 0 N–H and O–H groups in total. The molecule has 1 aromatic carbocycles. The zero-order valence-electron chi connectivity index (χ0n) is 8.52. The molecule has 1 aromatic heterocycles. The Kier molecular flexibility index (Phi) is 3.22. The van der Waals surface area contributed by atoms with E-state index in [1.807, 2.05) is 6.07 Å². The zero-order chi connectivity index (χ0) is 12.3. The molecule has 2 aromatic rings. The summed E-state index contributed by atoms with van der Waals surface area (Å²) in [4.78, 5) is 3.80. The monoisotopic (exact) mass is 248 g/mol. The Hall–Kier alpha value is -2.12. The van der Waals surface area contributed by atoms with Crippen molar-refractivity contribution in [3.63, 3.8) is 0 Å². The first-order valence-electron chi connectivity index (χ1n) is 4.68. The molecule has 17 heavy (non-hydrogen) atoms. The number of ether oxygens (including phenoxy) is 1. The third kappa shape index (κ3) is 2.71. The second kappa shape index (κ2) is 4.81. The van der Waals surface area contributed by atoms with Crippen LogP contribution in [-0.2, 0) is 0 Å². The second-order valence-electron chi connectivity index (χ2n) is 3.17. The van der Waals surface area contributed by atoms with Crippen LogP contribution in [0.5, 0.6) is 11.5 Å². The van der Waals surface area contributed by atoms with Crippen molar-refractivity contribution < 1.29 is 9.13 Å². The number of halogens is 2. The highest BCUT2D eigenvalue weighted by molar-refractivity contribution is 6.30. The van der Waals surface area contributed by atoms with Gasteiger partial charge in [0, 0.05) is 18.3 Å². The molecule has 0 aliphatic rings. The molecule has 1 heterocycles. The molecule has 0 amide bonds. The lowest BCUT2D eigenvalue weighted by Crippen LogP contribution is -1.88. The van der Waals surface area contributed by atoms with E-state index in [0.29, 0.717) is 11.5 Å². The quantitative estimate of drug-likeness (QED) is 0.817. The maximum atomic E-state index is 12.9. The summed E-state index contributed by atoms with van der Waals surface area (Å²) in [5, 5.41) is 8.65. The predicted molar refractivity (Wildman–Crippen MR) is 60.4 cm³/mol. The van der Waals surface area contributed by atoms with E-state index >= 15 is 0 Å². The summed E-state index contributed by atoms with van der Waals surface area (Å²) in [6.07, 6.45) is 1.46. The number of aromatic nitrogens is 1. The minimum absolute atomic E-state index is 0.0166. The van der Waals surface area contributed by atoms with Gasteiger partial charge in [-0.15, -0.1) is 0 Å². The van der Waals surface area contributed by atoms with Gasteiger partial charge in [-0.1, -0.05) is 11.6 Å². The molecule has 0 radical (unpaired) electrons. The Bertz CT molecular complexity index is 595. The fourth-order valence-electron chi connectivity index (χ4n) is 1.21. The lowest BCUT2D eigenvalue weighted by atomic mass is 10.3. The van der Waals surface area contributed by atoms with Crippen molar-refractivity contribution in [1.29, 1.82) is 5.26 Å². The number of nitrogens with zero attached hydrogens (tertiary/aromatic N) is 2. The van der Waals surface area contributed by atoms with Gasteiger partial charge in [0.05, 0.1) is 5.02 Å². The van der Waals surface area contributed by atoms with E-state index < -0.39 is 5.82 Å². The number of hydrogen-bond donors (Lipinski definition) is 0. The standard InChI is InChI=1S/C12H6ClFN2O/c13-11-6-9(1-2-12(11)14)17-10-3-4-16-8(5-10)7-15/h1-6H. The highest BCUT2D eigenvalue weighted by atomic mass is 35.5. The fourth-order valence-corrected chi connectivity index (χ4v) is 1.38. The topological polar surface area (TPSA) is 45.9 Å². The van der Waals surface area contributed by atoms with Crippen molar-refractivity contribution >= 4 is 11.6 Å². The molecule has 3 nitrogen and oxygen atoms in total. The Balaban J connectivity index is 2.25. The van der Waals surface area contributed by atoms with Crippen LogP contribution in [0.4, 0.5) is 4.39 Å². The van der Waals surface area contributed by atoms with Crippen LogP contribution in [-0.4, -0.2) is 4.98 Å². The van der Waals surface area contributed by atoms with Gasteiger partial charge in [-0.25, -0.2) is 9.37 Å². The molecular weight excluding hydrogens is 243 g/mol. The van der Waals surface area contributed by atoms with Gasteiger partial charge in [-0.3, -0.25) is 0 Å². The van der Waals surface area contributed by atoms with Crippen LogP contribution in [0, 0.1) is 17.1 Å². The summed E-state index contributed by atoms with van der Waals surface area (Å²) in [6, 6.07) is 9.00. The third-order valence-corrected chi connectivity index (χ3v) is 2.26. The third-order valence-electron chi connectivity index (χ3n) is 1.97. The first-order chi connectivity index (χ1) is 8.19. The molecule has 0 aliphatic heterocycles. The molecule has 0 aliphatic carbocycles. The van der Waals surface area contributed by atoms with E-state index in [-0.39, 0.29) is 10.7 Å². The molecule has 2 rings (SSSR count). The van der Waals surface area contributed by atoms with Gasteiger partial charge >= 0.3 is 0 Å². The lowest BCUT2D eigenvalue weighted by Gasteiger charge is -2.05. The molecule has 0 saturated heterocycles. The predicted octanol–water partition coefficient (Wildman–Crippen LogP) is 3.54. The Morgan fingerprint density at radius 2 is 2.00 bits per heavy atom. The van der Waals surface area contributed by atoms with E-state index in [1.165, 1.54) is 30.5 Å². The Labute approximate surface area is 102 Å². The molecule has 0 bridgehead atoms. The second-order valence-corrected chi connectivity index (χ2v) is 3.57. The van der Waals surface area contributed by atoms with Gasteiger partial charge in [0.25, 0.3) is 0 Å². The summed E-state index contributed by atoms with van der Waals surface area (Å²) in [6.45, 7) is 0. The Morgan fingerprint density at radius 1 is 1.24 bits per heavy atom. The highest BCUT2D eigenvalue weighted by Gasteiger charge is 2.03. The average Bonchev–Trinajstić information content (AvgIpc) is 2.34. The van der Waals surface area contributed by atoms with Crippen LogP contribution < -0.4 is 4.74 Å². The summed E-state index contributed by atoms with van der Waals surface area (Å²) in [5.74, 6) is 0.331. The van der Waals surface area contributed by atoms with Crippen LogP contribution in [0.25, 0.3) is 0 Å². The number of hydrogen-bond acceptors (Lipinski definition) is 3. The van der Waals surface area contributed by atoms with E-state index in [9.17, 15) is 4.39 Å². The summed E-state index contributed by atoms with van der Waals surface area (Å²) >= 11 is 5.62. The SMILES string of the molecule is N#Cc1cc(Oc2ccc(F)c(Cl)c2)ccn1. The van der Waals surface area contributed by atoms with Crippen LogP contribution in [0.1, 0.15) is 5.69 Å². The first kappa shape index (κ1) is 11.4. The molecule has 0 spiro atoms. The van der Waals surface area contributed by atoms with Crippen LogP contribution >= 0.6 is 11.6 Å². The summed E-state index contributed by atoms with van der Waals surface area (Å²) in [5.41, 5.74) is 0.246. The lowest BCUT2D eigenvalue weighted by molar-refractivity contribution is 0.479. The van der Waals surface area contributed by atoms with Crippen molar-refractivity contribution in [2.45, 2.75) is 0 Å². The Morgan fingerprint density at radius 3 is 2.71 bits per heavy atom. The van der Waals surface area contributed by atoms with Crippen molar-refractivity contribution in [2.75, 3.05) is 0 Å². The van der Waals surface area contributed by atoms with E-state index in [0.717, 1.165) is 0 Å². The van der Waals surface area contributed by atoms with Gasteiger partial charge < -0.3 is 4.74 Å². The number of pyridine rings is 1. The van der Waals surface area contributed by atoms with Gasteiger partial charge in [0.2, 0.25) is 0 Å². The number of nitriles is 1. The minimum atomic E-state index is -0.508. The highest BCUT2D eigenvalue weighted by Crippen LogP contribution is 2.25. The summed E-state index contributed by atoms with van der Waals surface area (Å²) < 4.78 is 18.3. The molecule has 0 saturated carbocycles. The van der Waals surface area contributed by atoms with Gasteiger partial charge in [-0.2, -0.15) is 5.26 Å². The van der Waals surface area contributed by atoms with Crippen molar-refractivity contribution in [2.24, 2.45) is 0 Å².